The van der Waals surface area contributed by atoms with Crippen molar-refractivity contribution in [1.29, 1.82) is 5.26 Å². The SMILES string of the molecule is N#CC1=C(N)OC2=C(C(=O)CCC2)C1c1ccccc1OCc1cn(-c2cccc([N+](=O)[O-])c2)nn1. The number of carbonyl (C=O) groups is 1. The first-order chi connectivity index (χ1) is 17.5. The van der Waals surface area contributed by atoms with Gasteiger partial charge in [0.25, 0.3) is 5.69 Å². The number of non-ortho nitro benzene ring substituents is 1. The number of ether oxygens (including phenoxy) is 2. The summed E-state index contributed by atoms with van der Waals surface area (Å²) in [6.07, 6.45) is 3.22. The Labute approximate surface area is 205 Å². The fourth-order valence-electron chi connectivity index (χ4n) is 4.41. The first kappa shape index (κ1) is 22.8. The van der Waals surface area contributed by atoms with Crippen molar-refractivity contribution in [3.05, 3.63) is 98.9 Å². The number of ketones is 1. The molecular weight excluding hydrogens is 464 g/mol. The molecule has 180 valence electrons. The lowest BCUT2D eigenvalue weighted by Crippen LogP contribution is -2.27. The Kier molecular flexibility index (Phi) is 5.92. The molecule has 1 aromatic heterocycles. The molecule has 0 saturated heterocycles. The molecule has 3 aromatic rings. The summed E-state index contributed by atoms with van der Waals surface area (Å²) in [7, 11) is 0. The average molecular weight is 484 g/mol. The van der Waals surface area contributed by atoms with Crippen LogP contribution in [0.4, 0.5) is 5.69 Å². The zero-order valence-corrected chi connectivity index (χ0v) is 19.0. The summed E-state index contributed by atoms with van der Waals surface area (Å²) in [5.41, 5.74) is 8.19. The van der Waals surface area contributed by atoms with Gasteiger partial charge in [0.15, 0.2) is 5.78 Å². The van der Waals surface area contributed by atoms with Crippen molar-refractivity contribution < 1.29 is 19.2 Å². The van der Waals surface area contributed by atoms with Gasteiger partial charge in [-0.15, -0.1) is 5.10 Å². The van der Waals surface area contributed by atoms with E-state index in [2.05, 4.69) is 16.4 Å². The molecule has 0 fully saturated rings. The van der Waals surface area contributed by atoms with Crippen LogP contribution in [0.2, 0.25) is 0 Å². The lowest BCUT2D eigenvalue weighted by molar-refractivity contribution is -0.384. The number of benzene rings is 2. The van der Waals surface area contributed by atoms with Crippen LogP contribution in [-0.4, -0.2) is 25.7 Å². The lowest BCUT2D eigenvalue weighted by Gasteiger charge is -2.31. The number of carbonyl (C=O) groups excluding carboxylic acids is 1. The van der Waals surface area contributed by atoms with Crippen LogP contribution in [0.5, 0.6) is 5.75 Å². The van der Waals surface area contributed by atoms with Crippen LogP contribution < -0.4 is 10.5 Å². The Morgan fingerprint density at radius 3 is 2.89 bits per heavy atom. The van der Waals surface area contributed by atoms with Gasteiger partial charge in [0.2, 0.25) is 5.88 Å². The Morgan fingerprint density at radius 2 is 2.08 bits per heavy atom. The average Bonchev–Trinajstić information content (AvgIpc) is 3.36. The third-order valence-electron chi connectivity index (χ3n) is 6.06. The van der Waals surface area contributed by atoms with Crippen LogP contribution in [0.1, 0.15) is 36.4 Å². The zero-order valence-electron chi connectivity index (χ0n) is 19.0. The van der Waals surface area contributed by atoms with Gasteiger partial charge in [-0.3, -0.25) is 14.9 Å². The smallest absolute Gasteiger partial charge is 0.271 e. The van der Waals surface area contributed by atoms with Crippen LogP contribution in [0.25, 0.3) is 5.69 Å². The Bertz CT molecular complexity index is 1480. The van der Waals surface area contributed by atoms with Crippen LogP contribution in [0.15, 0.2) is 77.5 Å². The van der Waals surface area contributed by atoms with Crippen molar-refractivity contribution in [1.82, 2.24) is 15.0 Å². The van der Waals surface area contributed by atoms with Crippen molar-refractivity contribution in [2.24, 2.45) is 5.73 Å². The minimum atomic E-state index is -0.691. The van der Waals surface area contributed by atoms with E-state index in [1.165, 1.54) is 16.8 Å². The monoisotopic (exact) mass is 484 g/mol. The first-order valence-electron chi connectivity index (χ1n) is 11.2. The molecule has 2 heterocycles. The van der Waals surface area contributed by atoms with Gasteiger partial charge in [-0.2, -0.15) is 5.26 Å². The number of hydrogen-bond donors (Lipinski definition) is 1. The normalized spacial score (nSPS) is 17.3. The standard InChI is InChI=1S/C25H20N6O5/c26-12-19-23(24-20(32)8-4-10-22(24)36-25(19)27)18-7-1-2-9-21(18)35-14-15-13-30(29-28-15)16-5-3-6-17(11-16)31(33)34/h1-3,5-7,9,11,13,23H,4,8,10,14,27H2. The molecule has 1 aliphatic heterocycles. The molecule has 0 bridgehead atoms. The number of nitro groups is 1. The highest BCUT2D eigenvalue weighted by Gasteiger charge is 2.39. The van der Waals surface area contributed by atoms with E-state index in [-0.39, 0.29) is 29.5 Å². The van der Waals surface area contributed by atoms with Gasteiger partial charge in [0, 0.05) is 36.1 Å². The molecular formula is C25H20N6O5. The summed E-state index contributed by atoms with van der Waals surface area (Å²) in [6.45, 7) is 0.0378. The van der Waals surface area contributed by atoms with E-state index in [4.69, 9.17) is 15.2 Å². The quantitative estimate of drug-likeness (QED) is 0.407. The van der Waals surface area contributed by atoms with Gasteiger partial charge in [-0.1, -0.05) is 29.5 Å². The molecule has 1 unspecified atom stereocenters. The van der Waals surface area contributed by atoms with Gasteiger partial charge in [-0.25, -0.2) is 4.68 Å². The summed E-state index contributed by atoms with van der Waals surface area (Å²) in [5, 5.41) is 29.0. The molecule has 0 spiro atoms. The molecule has 11 nitrogen and oxygen atoms in total. The van der Waals surface area contributed by atoms with E-state index in [1.54, 1.807) is 42.6 Å². The summed E-state index contributed by atoms with van der Waals surface area (Å²) in [4.78, 5) is 23.4. The van der Waals surface area contributed by atoms with E-state index in [1.807, 2.05) is 0 Å². The summed E-state index contributed by atoms with van der Waals surface area (Å²) < 4.78 is 13.1. The van der Waals surface area contributed by atoms with Crippen LogP contribution >= 0.6 is 0 Å². The maximum atomic E-state index is 12.9. The summed E-state index contributed by atoms with van der Waals surface area (Å²) in [6, 6.07) is 15.3. The van der Waals surface area contributed by atoms with Crippen molar-refractivity contribution in [2.45, 2.75) is 31.8 Å². The first-order valence-corrected chi connectivity index (χ1v) is 11.2. The molecule has 2 aliphatic rings. The maximum absolute atomic E-state index is 12.9. The van der Waals surface area contributed by atoms with Gasteiger partial charge in [-0.05, 0) is 18.6 Å². The number of allylic oxidation sites excluding steroid dienone is 3. The second-order valence-corrected chi connectivity index (χ2v) is 8.30. The van der Waals surface area contributed by atoms with E-state index >= 15 is 0 Å². The van der Waals surface area contributed by atoms with E-state index in [9.17, 15) is 20.2 Å². The van der Waals surface area contributed by atoms with Crippen LogP contribution in [0.3, 0.4) is 0 Å². The Hall–Kier alpha value is -4.98. The maximum Gasteiger partial charge on any atom is 0.271 e. The van der Waals surface area contributed by atoms with Crippen molar-refractivity contribution in [3.8, 4) is 17.5 Å². The van der Waals surface area contributed by atoms with E-state index in [0.29, 0.717) is 53.3 Å². The number of Topliss-reactive ketones (excluding diaryl/α,β-unsaturated/α-hetero) is 1. The van der Waals surface area contributed by atoms with Crippen molar-refractivity contribution >= 4 is 11.5 Å². The third kappa shape index (κ3) is 4.16. The largest absolute Gasteiger partial charge is 0.487 e. The topological polar surface area (TPSA) is 159 Å². The summed E-state index contributed by atoms with van der Waals surface area (Å²) >= 11 is 0. The number of para-hydroxylation sites is 1. The number of rotatable bonds is 6. The number of nitro benzene ring substituents is 1. The van der Waals surface area contributed by atoms with Crippen molar-refractivity contribution in [3.63, 3.8) is 0 Å². The Balaban J connectivity index is 1.43. The fraction of sp³-hybridized carbons (Fsp3) is 0.200. The Morgan fingerprint density at radius 1 is 1.25 bits per heavy atom. The molecule has 36 heavy (non-hydrogen) atoms. The molecule has 5 rings (SSSR count). The summed E-state index contributed by atoms with van der Waals surface area (Å²) in [5.74, 6) is 0.188. The number of nitrogens with two attached hydrogens (primary N) is 1. The molecule has 2 aromatic carbocycles. The highest BCUT2D eigenvalue weighted by molar-refractivity contribution is 5.99. The predicted molar refractivity (Wildman–Crippen MR) is 125 cm³/mol. The zero-order chi connectivity index (χ0) is 25.2. The molecule has 1 atom stereocenters. The van der Waals surface area contributed by atoms with Gasteiger partial charge < -0.3 is 15.2 Å². The highest BCUT2D eigenvalue weighted by Crippen LogP contribution is 2.45. The molecule has 11 heteroatoms. The van der Waals surface area contributed by atoms with Gasteiger partial charge >= 0.3 is 0 Å². The van der Waals surface area contributed by atoms with Gasteiger partial charge in [0.05, 0.1) is 22.7 Å². The van der Waals surface area contributed by atoms with Crippen molar-refractivity contribution in [2.75, 3.05) is 0 Å². The second-order valence-electron chi connectivity index (χ2n) is 8.30. The van der Waals surface area contributed by atoms with Crippen LogP contribution in [-0.2, 0) is 16.1 Å². The predicted octanol–water partition coefficient (Wildman–Crippen LogP) is 3.57. The molecule has 0 radical (unpaired) electrons. The molecule has 1 aliphatic carbocycles. The molecule has 0 amide bonds. The number of nitrogens with zero attached hydrogens (tertiary/aromatic N) is 5. The van der Waals surface area contributed by atoms with E-state index in [0.717, 1.165) is 0 Å². The highest BCUT2D eigenvalue weighted by atomic mass is 16.6. The second kappa shape index (κ2) is 9.34. The van der Waals surface area contributed by atoms with Gasteiger partial charge in [0.1, 0.15) is 35.5 Å². The van der Waals surface area contributed by atoms with E-state index < -0.39 is 10.8 Å². The molecule has 0 saturated carbocycles. The molecule has 2 N–H and O–H groups in total. The minimum Gasteiger partial charge on any atom is -0.487 e. The number of hydrogen-bond acceptors (Lipinski definition) is 9. The third-order valence-corrected chi connectivity index (χ3v) is 6.06. The number of aromatic nitrogens is 3. The minimum absolute atomic E-state index is 0.00866. The van der Waals surface area contributed by atoms with Crippen LogP contribution in [0, 0.1) is 21.4 Å². The lowest BCUT2D eigenvalue weighted by atomic mass is 9.77. The fourth-order valence-corrected chi connectivity index (χ4v) is 4.41. The number of nitriles is 1.